The number of nitrogens with zero attached hydrogens (tertiary/aromatic N) is 3. The summed E-state index contributed by atoms with van der Waals surface area (Å²) in [5.41, 5.74) is 0. The molecule has 2 fully saturated rings. The number of aromatic nitrogens is 2. The van der Waals surface area contributed by atoms with E-state index in [1.54, 1.807) is 0 Å². The first-order valence-electron chi connectivity index (χ1n) is 6.50. The Hall–Kier alpha value is -0.680. The summed E-state index contributed by atoms with van der Waals surface area (Å²) in [4.78, 5) is 6.94. The van der Waals surface area contributed by atoms with E-state index in [1.165, 1.54) is 24.4 Å². The summed E-state index contributed by atoms with van der Waals surface area (Å²) < 4.78 is 4.45. The highest BCUT2D eigenvalue weighted by atomic mass is 32.1. The lowest BCUT2D eigenvalue weighted by Gasteiger charge is -2.33. The normalized spacial score (nSPS) is 27.2. The number of aliphatic hydroxyl groups excluding tert-OH is 1. The zero-order valence-electron chi connectivity index (χ0n) is 10.2. The Balaban J connectivity index is 1.69. The number of rotatable bonds is 3. The largest absolute Gasteiger partial charge is 0.393 e. The summed E-state index contributed by atoms with van der Waals surface area (Å²) in [6.07, 6.45) is 4.57. The van der Waals surface area contributed by atoms with Crippen LogP contribution in [0.2, 0.25) is 0 Å². The first-order valence-corrected chi connectivity index (χ1v) is 7.28. The van der Waals surface area contributed by atoms with Crippen molar-refractivity contribution >= 4 is 16.7 Å². The van der Waals surface area contributed by atoms with E-state index in [0.29, 0.717) is 11.8 Å². The van der Waals surface area contributed by atoms with Gasteiger partial charge < -0.3 is 10.0 Å². The lowest BCUT2D eigenvalue weighted by molar-refractivity contribution is 0.115. The number of anilines is 1. The minimum atomic E-state index is -0.214. The van der Waals surface area contributed by atoms with Crippen LogP contribution in [0.5, 0.6) is 0 Å². The second-order valence-electron chi connectivity index (χ2n) is 5.30. The second kappa shape index (κ2) is 4.53. The molecular weight excluding hydrogens is 234 g/mol. The molecule has 0 aromatic carbocycles. The number of piperidine rings is 1. The van der Waals surface area contributed by atoms with Crippen LogP contribution in [0, 0.1) is 5.92 Å². The molecule has 1 aromatic heterocycles. The summed E-state index contributed by atoms with van der Waals surface area (Å²) in [6, 6.07) is 0. The molecule has 1 aliphatic heterocycles. The van der Waals surface area contributed by atoms with Gasteiger partial charge in [-0.1, -0.05) is 0 Å². The Bertz CT molecular complexity index is 389. The van der Waals surface area contributed by atoms with E-state index >= 15 is 0 Å². The predicted molar refractivity (Wildman–Crippen MR) is 68.5 cm³/mol. The topological polar surface area (TPSA) is 49.2 Å². The van der Waals surface area contributed by atoms with Gasteiger partial charge in [-0.2, -0.15) is 4.37 Å². The summed E-state index contributed by atoms with van der Waals surface area (Å²) in [6.45, 7) is 3.88. The second-order valence-corrected chi connectivity index (χ2v) is 6.03. The van der Waals surface area contributed by atoms with Gasteiger partial charge in [-0.25, -0.2) is 4.98 Å². The zero-order valence-corrected chi connectivity index (χ0v) is 11.0. The van der Waals surface area contributed by atoms with Crippen molar-refractivity contribution in [2.24, 2.45) is 5.92 Å². The van der Waals surface area contributed by atoms with E-state index in [4.69, 9.17) is 0 Å². The van der Waals surface area contributed by atoms with E-state index in [1.807, 2.05) is 6.92 Å². The molecule has 3 rings (SSSR count). The van der Waals surface area contributed by atoms with Gasteiger partial charge in [0.1, 0.15) is 5.82 Å². The van der Waals surface area contributed by atoms with Crippen LogP contribution < -0.4 is 4.90 Å². The third-order valence-electron chi connectivity index (χ3n) is 3.78. The van der Waals surface area contributed by atoms with Gasteiger partial charge in [-0.15, -0.1) is 0 Å². The quantitative estimate of drug-likeness (QED) is 0.895. The molecule has 1 aromatic rings. The molecule has 0 bridgehead atoms. The summed E-state index contributed by atoms with van der Waals surface area (Å²) in [5.74, 6) is 2.07. The van der Waals surface area contributed by atoms with Crippen LogP contribution >= 0.6 is 11.5 Å². The van der Waals surface area contributed by atoms with Crippen LogP contribution in [0.1, 0.15) is 44.3 Å². The first-order chi connectivity index (χ1) is 8.24. The van der Waals surface area contributed by atoms with Gasteiger partial charge in [0.15, 0.2) is 0 Å². The van der Waals surface area contributed by atoms with E-state index in [0.717, 1.165) is 36.9 Å². The molecule has 2 unspecified atom stereocenters. The molecule has 0 amide bonds. The Morgan fingerprint density at radius 3 is 2.94 bits per heavy atom. The molecular formula is C12H19N3OS. The minimum Gasteiger partial charge on any atom is -0.393 e. The van der Waals surface area contributed by atoms with Crippen molar-refractivity contribution in [3.8, 4) is 0 Å². The Labute approximate surface area is 106 Å². The maximum atomic E-state index is 9.69. The lowest BCUT2D eigenvalue weighted by atomic mass is 9.94. The van der Waals surface area contributed by atoms with Crippen LogP contribution in [-0.2, 0) is 0 Å². The molecule has 17 heavy (non-hydrogen) atoms. The SMILES string of the molecule is CC(O)C1CCCN(c2nc(C3CC3)ns2)C1. The van der Waals surface area contributed by atoms with Gasteiger partial charge in [-0.05, 0) is 32.6 Å². The van der Waals surface area contributed by atoms with Crippen molar-refractivity contribution in [2.75, 3.05) is 18.0 Å². The average Bonchev–Trinajstić information content (AvgIpc) is 3.07. The van der Waals surface area contributed by atoms with Crippen LogP contribution in [0.25, 0.3) is 0 Å². The fourth-order valence-corrected chi connectivity index (χ4v) is 3.22. The minimum absolute atomic E-state index is 0.214. The van der Waals surface area contributed by atoms with Gasteiger partial charge in [0.2, 0.25) is 5.13 Å². The van der Waals surface area contributed by atoms with E-state index < -0.39 is 0 Å². The van der Waals surface area contributed by atoms with Gasteiger partial charge in [0, 0.05) is 36.5 Å². The van der Waals surface area contributed by atoms with E-state index in [2.05, 4.69) is 14.3 Å². The Morgan fingerprint density at radius 2 is 2.24 bits per heavy atom. The molecule has 2 aliphatic rings. The molecule has 1 aliphatic carbocycles. The van der Waals surface area contributed by atoms with Gasteiger partial charge in [0.05, 0.1) is 6.10 Å². The van der Waals surface area contributed by atoms with Gasteiger partial charge in [0.25, 0.3) is 0 Å². The van der Waals surface area contributed by atoms with E-state index in [9.17, 15) is 5.11 Å². The third kappa shape index (κ3) is 2.45. The van der Waals surface area contributed by atoms with Crippen LogP contribution in [0.15, 0.2) is 0 Å². The average molecular weight is 253 g/mol. The van der Waals surface area contributed by atoms with Crippen molar-refractivity contribution in [2.45, 2.75) is 44.6 Å². The highest BCUT2D eigenvalue weighted by molar-refractivity contribution is 7.09. The number of hydrogen-bond donors (Lipinski definition) is 1. The molecule has 94 valence electrons. The molecule has 4 nitrogen and oxygen atoms in total. The standard InChI is InChI=1S/C12H19N3OS/c1-8(16)10-3-2-6-15(7-10)12-13-11(14-17-12)9-4-5-9/h8-10,16H,2-7H2,1H3. The fourth-order valence-electron chi connectivity index (χ4n) is 2.44. The Kier molecular flexibility index (Phi) is 3.04. The van der Waals surface area contributed by atoms with Crippen molar-refractivity contribution in [3.05, 3.63) is 5.82 Å². The smallest absolute Gasteiger partial charge is 0.205 e. The Morgan fingerprint density at radius 1 is 1.41 bits per heavy atom. The summed E-state index contributed by atoms with van der Waals surface area (Å²) in [5, 5.41) is 10.7. The van der Waals surface area contributed by atoms with Crippen LogP contribution in [-0.4, -0.2) is 33.7 Å². The third-order valence-corrected chi connectivity index (χ3v) is 4.58. The molecule has 2 atom stereocenters. The van der Waals surface area contributed by atoms with Crippen LogP contribution in [0.3, 0.4) is 0 Å². The lowest BCUT2D eigenvalue weighted by Crippen LogP contribution is -2.39. The molecule has 5 heteroatoms. The number of aliphatic hydroxyl groups is 1. The zero-order chi connectivity index (χ0) is 11.8. The van der Waals surface area contributed by atoms with Crippen molar-refractivity contribution in [1.29, 1.82) is 0 Å². The fraction of sp³-hybridized carbons (Fsp3) is 0.833. The maximum Gasteiger partial charge on any atom is 0.205 e. The van der Waals surface area contributed by atoms with Crippen molar-refractivity contribution < 1.29 is 5.11 Å². The van der Waals surface area contributed by atoms with Crippen molar-refractivity contribution in [3.63, 3.8) is 0 Å². The van der Waals surface area contributed by atoms with Crippen molar-refractivity contribution in [1.82, 2.24) is 9.36 Å². The molecule has 2 heterocycles. The molecule has 0 radical (unpaired) electrons. The first kappa shape index (κ1) is 11.4. The van der Waals surface area contributed by atoms with E-state index in [-0.39, 0.29) is 6.10 Å². The van der Waals surface area contributed by atoms with Gasteiger partial charge >= 0.3 is 0 Å². The van der Waals surface area contributed by atoms with Crippen LogP contribution in [0.4, 0.5) is 5.13 Å². The molecule has 1 saturated heterocycles. The highest BCUT2D eigenvalue weighted by Crippen LogP contribution is 2.40. The van der Waals surface area contributed by atoms with Gasteiger partial charge in [-0.3, -0.25) is 0 Å². The molecule has 0 spiro atoms. The summed E-state index contributed by atoms with van der Waals surface area (Å²) in [7, 11) is 0. The summed E-state index contributed by atoms with van der Waals surface area (Å²) >= 11 is 1.52. The molecule has 1 N–H and O–H groups in total. The monoisotopic (exact) mass is 253 g/mol. The highest BCUT2D eigenvalue weighted by Gasteiger charge is 2.30. The molecule has 1 saturated carbocycles. The maximum absolute atomic E-state index is 9.69. The number of hydrogen-bond acceptors (Lipinski definition) is 5. The predicted octanol–water partition coefficient (Wildman–Crippen LogP) is 2.01.